The van der Waals surface area contributed by atoms with Crippen LogP contribution in [-0.2, 0) is 24.8 Å². The number of aryl methyl sites for hydroxylation is 1. The minimum atomic E-state index is -3.73. The summed E-state index contributed by atoms with van der Waals surface area (Å²) in [7, 11) is -7.37. The maximum atomic E-state index is 13.1. The number of anilines is 1. The molecule has 11 heteroatoms. The summed E-state index contributed by atoms with van der Waals surface area (Å²) in [6.45, 7) is 8.03. The van der Waals surface area contributed by atoms with Crippen LogP contribution in [0.3, 0.4) is 0 Å². The van der Waals surface area contributed by atoms with Crippen LogP contribution >= 0.6 is 0 Å². The Morgan fingerprint density at radius 2 is 1.50 bits per heavy atom. The topological polar surface area (TPSA) is 113 Å². The van der Waals surface area contributed by atoms with E-state index in [2.05, 4.69) is 5.32 Å². The summed E-state index contributed by atoms with van der Waals surface area (Å²) in [6, 6.07) is 10.6. The van der Waals surface area contributed by atoms with E-state index < -0.39 is 26.0 Å². The van der Waals surface area contributed by atoms with Gasteiger partial charge in [-0.05, 0) is 67.1 Å². The minimum absolute atomic E-state index is 0.133. The highest BCUT2D eigenvalue weighted by atomic mass is 32.2. The number of morpholine rings is 1. The largest absolute Gasteiger partial charge is 0.379 e. The number of amides is 1. The number of carbonyl (C=O) groups excluding carboxylic acids is 1. The molecule has 2 aromatic rings. The quantitative estimate of drug-likeness (QED) is 0.609. The van der Waals surface area contributed by atoms with Gasteiger partial charge >= 0.3 is 0 Å². The highest BCUT2D eigenvalue weighted by Crippen LogP contribution is 2.28. The van der Waals surface area contributed by atoms with Crippen LogP contribution in [0.2, 0.25) is 0 Å². The SMILES string of the molecule is Cc1ccc(NC(=O)c2ccc(S(=O)(=O)N3C[C@H](C)C[C@H](C)C3)cc2)cc1S(=O)(=O)N1CCOCC1. The van der Waals surface area contributed by atoms with E-state index in [1.807, 2.05) is 13.8 Å². The Kier molecular flexibility index (Phi) is 7.86. The standard InChI is InChI=1S/C25H33N3O6S2/c1-18-14-19(2)17-28(16-18)35(30,31)23-8-5-21(6-9-23)25(29)26-22-7-4-20(3)24(15-22)36(32,33)27-10-12-34-13-11-27/h4-9,15,18-19H,10-14,16-17H2,1-3H3,(H,26,29)/t18-,19+. The van der Waals surface area contributed by atoms with E-state index in [9.17, 15) is 21.6 Å². The van der Waals surface area contributed by atoms with Crippen molar-refractivity contribution in [2.24, 2.45) is 11.8 Å². The van der Waals surface area contributed by atoms with Gasteiger partial charge in [0.25, 0.3) is 5.91 Å². The van der Waals surface area contributed by atoms with Gasteiger partial charge < -0.3 is 10.1 Å². The van der Waals surface area contributed by atoms with Crippen molar-refractivity contribution in [2.75, 3.05) is 44.7 Å². The van der Waals surface area contributed by atoms with E-state index in [4.69, 9.17) is 4.74 Å². The molecule has 0 aliphatic carbocycles. The van der Waals surface area contributed by atoms with Gasteiger partial charge in [0, 0.05) is 37.4 Å². The van der Waals surface area contributed by atoms with Gasteiger partial charge in [-0.3, -0.25) is 4.79 Å². The molecule has 0 radical (unpaired) electrons. The zero-order valence-electron chi connectivity index (χ0n) is 20.8. The molecule has 36 heavy (non-hydrogen) atoms. The van der Waals surface area contributed by atoms with Gasteiger partial charge in [-0.2, -0.15) is 8.61 Å². The second kappa shape index (κ2) is 10.6. The lowest BCUT2D eigenvalue weighted by Crippen LogP contribution is -2.42. The molecule has 196 valence electrons. The molecule has 1 N–H and O–H groups in total. The summed E-state index contributed by atoms with van der Waals surface area (Å²) in [5.41, 5.74) is 1.19. The second-order valence-electron chi connectivity index (χ2n) is 9.74. The lowest BCUT2D eigenvalue weighted by molar-refractivity contribution is 0.0730. The fourth-order valence-electron chi connectivity index (χ4n) is 4.81. The van der Waals surface area contributed by atoms with Crippen molar-refractivity contribution in [3.8, 4) is 0 Å². The van der Waals surface area contributed by atoms with E-state index in [1.54, 1.807) is 19.1 Å². The van der Waals surface area contributed by atoms with Crippen LogP contribution in [0.4, 0.5) is 5.69 Å². The number of hydrogen-bond acceptors (Lipinski definition) is 6. The highest BCUT2D eigenvalue weighted by Gasteiger charge is 2.32. The molecule has 2 saturated heterocycles. The molecule has 2 fully saturated rings. The summed E-state index contributed by atoms with van der Waals surface area (Å²) in [5.74, 6) is 0.123. The fourth-order valence-corrected chi connectivity index (χ4v) is 8.15. The molecular weight excluding hydrogens is 502 g/mol. The third kappa shape index (κ3) is 5.65. The average Bonchev–Trinajstić information content (AvgIpc) is 2.85. The Hall–Kier alpha value is -2.31. The monoisotopic (exact) mass is 535 g/mol. The number of rotatable bonds is 6. The Balaban J connectivity index is 1.50. The fraction of sp³-hybridized carbons (Fsp3) is 0.480. The molecule has 9 nitrogen and oxygen atoms in total. The number of nitrogens with zero attached hydrogens (tertiary/aromatic N) is 2. The van der Waals surface area contributed by atoms with E-state index in [0.29, 0.717) is 49.4 Å². The predicted molar refractivity (Wildman–Crippen MR) is 137 cm³/mol. The third-order valence-corrected chi connectivity index (χ3v) is 10.5. The summed E-state index contributed by atoms with van der Waals surface area (Å²) < 4.78 is 60.6. The lowest BCUT2D eigenvalue weighted by Gasteiger charge is -2.34. The predicted octanol–water partition coefficient (Wildman–Crippen LogP) is 2.93. The summed E-state index contributed by atoms with van der Waals surface area (Å²) in [5, 5.41) is 2.73. The zero-order valence-corrected chi connectivity index (χ0v) is 22.4. The minimum Gasteiger partial charge on any atom is -0.379 e. The smallest absolute Gasteiger partial charge is 0.255 e. The van der Waals surface area contributed by atoms with Crippen LogP contribution < -0.4 is 5.32 Å². The highest BCUT2D eigenvalue weighted by molar-refractivity contribution is 7.89. The third-order valence-electron chi connectivity index (χ3n) is 6.62. The van der Waals surface area contributed by atoms with Crippen LogP contribution in [0.1, 0.15) is 36.2 Å². The van der Waals surface area contributed by atoms with Crippen molar-refractivity contribution in [3.63, 3.8) is 0 Å². The van der Waals surface area contributed by atoms with E-state index in [0.717, 1.165) is 6.42 Å². The van der Waals surface area contributed by atoms with Crippen molar-refractivity contribution >= 4 is 31.6 Å². The first-order valence-electron chi connectivity index (χ1n) is 12.1. The van der Waals surface area contributed by atoms with E-state index in [-0.39, 0.29) is 28.4 Å². The van der Waals surface area contributed by atoms with Crippen molar-refractivity contribution < 1.29 is 26.4 Å². The maximum absolute atomic E-state index is 13.1. The summed E-state index contributed by atoms with van der Waals surface area (Å²) in [4.78, 5) is 13.1. The van der Waals surface area contributed by atoms with Gasteiger partial charge in [0.15, 0.2) is 0 Å². The first-order valence-corrected chi connectivity index (χ1v) is 15.0. The molecular formula is C25H33N3O6S2. The number of ether oxygens (including phenoxy) is 1. The number of benzene rings is 2. The molecule has 2 aromatic carbocycles. The molecule has 2 atom stereocenters. The van der Waals surface area contributed by atoms with Crippen LogP contribution in [-0.4, -0.2) is 70.7 Å². The Morgan fingerprint density at radius 3 is 2.11 bits per heavy atom. The van der Waals surface area contributed by atoms with Crippen LogP contribution in [0.5, 0.6) is 0 Å². The van der Waals surface area contributed by atoms with Crippen molar-refractivity contribution in [1.82, 2.24) is 8.61 Å². The number of carbonyl (C=O) groups is 1. The van der Waals surface area contributed by atoms with Crippen molar-refractivity contribution in [2.45, 2.75) is 37.0 Å². The molecule has 1 amide bonds. The molecule has 0 saturated carbocycles. The lowest BCUT2D eigenvalue weighted by atomic mass is 9.94. The van der Waals surface area contributed by atoms with Crippen molar-refractivity contribution in [1.29, 1.82) is 0 Å². The summed E-state index contributed by atoms with van der Waals surface area (Å²) in [6.07, 6.45) is 1.000. The number of sulfonamides is 2. The second-order valence-corrected chi connectivity index (χ2v) is 13.6. The molecule has 0 unspecified atom stereocenters. The molecule has 4 rings (SSSR count). The zero-order chi connectivity index (χ0) is 26.1. The Morgan fingerprint density at radius 1 is 0.889 bits per heavy atom. The first kappa shape index (κ1) is 26.7. The number of piperidine rings is 1. The Labute approximate surface area is 213 Å². The summed E-state index contributed by atoms with van der Waals surface area (Å²) >= 11 is 0. The first-order chi connectivity index (χ1) is 17.0. The molecule has 0 aromatic heterocycles. The van der Waals surface area contributed by atoms with Crippen LogP contribution in [0.15, 0.2) is 52.3 Å². The number of hydrogen-bond donors (Lipinski definition) is 1. The van der Waals surface area contributed by atoms with Crippen molar-refractivity contribution in [3.05, 3.63) is 53.6 Å². The molecule has 2 aliphatic rings. The molecule has 0 spiro atoms. The molecule has 2 heterocycles. The van der Waals surface area contributed by atoms with Gasteiger partial charge in [0.1, 0.15) is 0 Å². The van der Waals surface area contributed by atoms with Gasteiger partial charge in [0.2, 0.25) is 20.0 Å². The van der Waals surface area contributed by atoms with Gasteiger partial charge in [-0.1, -0.05) is 19.9 Å². The van der Waals surface area contributed by atoms with Gasteiger partial charge in [0.05, 0.1) is 23.0 Å². The van der Waals surface area contributed by atoms with Gasteiger partial charge in [-0.25, -0.2) is 16.8 Å². The average molecular weight is 536 g/mol. The van der Waals surface area contributed by atoms with Crippen LogP contribution in [0, 0.1) is 18.8 Å². The van der Waals surface area contributed by atoms with E-state index in [1.165, 1.54) is 38.9 Å². The number of nitrogens with one attached hydrogen (secondary N) is 1. The Bertz CT molecular complexity index is 1310. The molecule has 2 aliphatic heterocycles. The van der Waals surface area contributed by atoms with Gasteiger partial charge in [-0.15, -0.1) is 0 Å². The van der Waals surface area contributed by atoms with E-state index >= 15 is 0 Å². The van der Waals surface area contributed by atoms with Crippen LogP contribution in [0.25, 0.3) is 0 Å². The maximum Gasteiger partial charge on any atom is 0.255 e. The normalized spacial score (nSPS) is 22.3. The molecule has 0 bridgehead atoms.